The van der Waals surface area contributed by atoms with Crippen molar-refractivity contribution in [2.24, 2.45) is 0 Å². The fourth-order valence-electron chi connectivity index (χ4n) is 2.10. The van der Waals surface area contributed by atoms with Crippen LogP contribution >= 0.6 is 15.9 Å². The van der Waals surface area contributed by atoms with E-state index in [2.05, 4.69) is 21.2 Å². The zero-order valence-corrected chi connectivity index (χ0v) is 15.4. The number of alkyl halides is 3. The lowest BCUT2D eigenvalue weighted by Gasteiger charge is -2.10. The van der Waals surface area contributed by atoms with E-state index in [0.717, 1.165) is 12.1 Å². The average Bonchev–Trinajstić information content (AvgIpc) is 2.61. The Kier molecular flexibility index (Phi) is 6.95. The van der Waals surface area contributed by atoms with Gasteiger partial charge in [-0.1, -0.05) is 18.2 Å². The Morgan fingerprint density at radius 3 is 2.48 bits per heavy atom. The summed E-state index contributed by atoms with van der Waals surface area (Å²) in [4.78, 5) is 23.5. The average molecular weight is 448 g/mol. The number of amides is 1. The van der Waals surface area contributed by atoms with Crippen LogP contribution in [-0.2, 0) is 27.1 Å². The Morgan fingerprint density at radius 1 is 1.07 bits per heavy atom. The number of hydrogen-bond acceptors (Lipinski definition) is 3. The molecule has 144 valence electrons. The second kappa shape index (κ2) is 8.98. The summed E-state index contributed by atoms with van der Waals surface area (Å²) in [5.41, 5.74) is -0.749. The maximum Gasteiger partial charge on any atom is 0.416 e. The van der Waals surface area contributed by atoms with Gasteiger partial charge < -0.3 is 10.1 Å². The van der Waals surface area contributed by atoms with Crippen LogP contribution in [0.4, 0.5) is 23.2 Å². The highest BCUT2D eigenvalue weighted by molar-refractivity contribution is 9.10. The number of anilines is 1. The molecule has 0 radical (unpaired) electrons. The van der Waals surface area contributed by atoms with Crippen LogP contribution in [0.25, 0.3) is 0 Å². The number of ether oxygens (including phenoxy) is 1. The van der Waals surface area contributed by atoms with Crippen molar-refractivity contribution in [3.8, 4) is 0 Å². The van der Waals surface area contributed by atoms with Crippen molar-refractivity contribution in [1.29, 1.82) is 0 Å². The minimum Gasteiger partial charge on any atom is -0.461 e. The fraction of sp³-hybridized carbons (Fsp3) is 0.222. The van der Waals surface area contributed by atoms with Gasteiger partial charge in [0.05, 0.1) is 16.5 Å². The minimum atomic E-state index is -4.52. The van der Waals surface area contributed by atoms with Crippen LogP contribution in [0.2, 0.25) is 0 Å². The standard InChI is InChI=1S/C18H14BrF4NO3/c19-14-6-1-3-11(17(14)20)10-27-16(26)8-7-15(25)24-13-5-2-4-12(9-13)18(21,22)23/h1-6,9H,7-8,10H2,(H,24,25). The molecule has 27 heavy (non-hydrogen) atoms. The lowest BCUT2D eigenvalue weighted by Crippen LogP contribution is -2.15. The number of halogens is 5. The molecule has 0 aliphatic heterocycles. The molecule has 0 spiro atoms. The molecule has 2 aromatic rings. The number of carbonyl (C=O) groups excluding carboxylic acids is 2. The van der Waals surface area contributed by atoms with Gasteiger partial charge in [0, 0.05) is 17.7 Å². The molecule has 0 heterocycles. The van der Waals surface area contributed by atoms with Crippen molar-refractivity contribution in [3.63, 3.8) is 0 Å². The largest absolute Gasteiger partial charge is 0.461 e. The van der Waals surface area contributed by atoms with Gasteiger partial charge in [-0.3, -0.25) is 9.59 Å². The van der Waals surface area contributed by atoms with E-state index in [1.165, 1.54) is 24.3 Å². The van der Waals surface area contributed by atoms with Gasteiger partial charge in [0.25, 0.3) is 0 Å². The van der Waals surface area contributed by atoms with Crippen molar-refractivity contribution in [3.05, 3.63) is 63.9 Å². The second-order valence-corrected chi connectivity index (χ2v) is 6.35. The van der Waals surface area contributed by atoms with E-state index in [0.29, 0.717) is 0 Å². The quantitative estimate of drug-likeness (QED) is 0.496. The number of rotatable bonds is 6. The normalized spacial score (nSPS) is 11.1. The lowest BCUT2D eigenvalue weighted by atomic mass is 10.2. The summed E-state index contributed by atoms with van der Waals surface area (Å²) in [7, 11) is 0. The molecule has 0 aromatic heterocycles. The number of hydrogen-bond donors (Lipinski definition) is 1. The van der Waals surface area contributed by atoms with Crippen LogP contribution in [0.3, 0.4) is 0 Å². The van der Waals surface area contributed by atoms with Crippen molar-refractivity contribution >= 4 is 33.5 Å². The first-order valence-electron chi connectivity index (χ1n) is 7.72. The third-order valence-corrected chi connectivity index (χ3v) is 4.06. The maximum atomic E-state index is 13.7. The molecule has 9 heteroatoms. The lowest BCUT2D eigenvalue weighted by molar-refractivity contribution is -0.146. The van der Waals surface area contributed by atoms with Crippen LogP contribution in [0.5, 0.6) is 0 Å². The molecule has 0 atom stereocenters. The highest BCUT2D eigenvalue weighted by Gasteiger charge is 2.30. The summed E-state index contributed by atoms with van der Waals surface area (Å²) in [6, 6.07) is 8.69. The second-order valence-electron chi connectivity index (χ2n) is 5.50. The molecule has 0 saturated heterocycles. The van der Waals surface area contributed by atoms with E-state index in [1.807, 2.05) is 0 Å². The molecule has 0 bridgehead atoms. The van der Waals surface area contributed by atoms with Gasteiger partial charge in [-0.2, -0.15) is 13.2 Å². The highest BCUT2D eigenvalue weighted by atomic mass is 79.9. The third-order valence-electron chi connectivity index (χ3n) is 3.45. The van der Waals surface area contributed by atoms with E-state index in [-0.39, 0.29) is 35.2 Å². The van der Waals surface area contributed by atoms with Gasteiger partial charge in [0.2, 0.25) is 5.91 Å². The van der Waals surface area contributed by atoms with E-state index in [9.17, 15) is 27.2 Å². The van der Waals surface area contributed by atoms with Crippen molar-refractivity contribution < 1.29 is 31.9 Å². The Balaban J connectivity index is 1.81. The molecule has 1 amide bonds. The summed E-state index contributed by atoms with van der Waals surface area (Å²) >= 11 is 3.01. The molecule has 2 aromatic carbocycles. The Morgan fingerprint density at radius 2 is 1.78 bits per heavy atom. The van der Waals surface area contributed by atoms with Crippen LogP contribution in [0, 0.1) is 5.82 Å². The fourth-order valence-corrected chi connectivity index (χ4v) is 2.51. The number of nitrogens with one attached hydrogen (secondary N) is 1. The molecular formula is C18H14BrF4NO3. The van der Waals surface area contributed by atoms with Crippen molar-refractivity contribution in [2.75, 3.05) is 5.32 Å². The molecular weight excluding hydrogens is 434 g/mol. The van der Waals surface area contributed by atoms with Gasteiger partial charge in [-0.05, 0) is 40.2 Å². The molecule has 4 nitrogen and oxygen atoms in total. The van der Waals surface area contributed by atoms with Gasteiger partial charge in [0.1, 0.15) is 12.4 Å². The van der Waals surface area contributed by atoms with Crippen LogP contribution in [0.1, 0.15) is 24.0 Å². The van der Waals surface area contributed by atoms with Gasteiger partial charge in [-0.15, -0.1) is 0 Å². The van der Waals surface area contributed by atoms with Crippen molar-refractivity contribution in [2.45, 2.75) is 25.6 Å². The Hall–Kier alpha value is -2.42. The minimum absolute atomic E-state index is 0.0283. The van der Waals surface area contributed by atoms with E-state index >= 15 is 0 Å². The first-order chi connectivity index (χ1) is 12.7. The molecule has 0 unspecified atom stereocenters. The number of carbonyl (C=O) groups is 2. The third kappa shape index (κ3) is 6.35. The van der Waals surface area contributed by atoms with Crippen LogP contribution < -0.4 is 5.32 Å². The zero-order chi connectivity index (χ0) is 20.0. The summed E-state index contributed by atoms with van der Waals surface area (Å²) < 4.78 is 56.8. The SMILES string of the molecule is O=C(CCC(=O)OCc1cccc(Br)c1F)Nc1cccc(C(F)(F)F)c1. The van der Waals surface area contributed by atoms with Gasteiger partial charge in [0.15, 0.2) is 0 Å². The van der Waals surface area contributed by atoms with Crippen LogP contribution in [-0.4, -0.2) is 11.9 Å². The summed E-state index contributed by atoms with van der Waals surface area (Å²) in [5.74, 6) is -1.92. The Bertz CT molecular complexity index is 840. The zero-order valence-electron chi connectivity index (χ0n) is 13.8. The topological polar surface area (TPSA) is 55.4 Å². The smallest absolute Gasteiger partial charge is 0.416 e. The van der Waals surface area contributed by atoms with E-state index < -0.39 is 29.4 Å². The number of benzene rings is 2. The first kappa shape index (κ1) is 20.9. The Labute approximate surface area is 160 Å². The maximum absolute atomic E-state index is 13.7. The predicted octanol–water partition coefficient (Wildman–Crippen LogP) is 5.07. The van der Waals surface area contributed by atoms with Gasteiger partial charge in [-0.25, -0.2) is 4.39 Å². The molecule has 1 N–H and O–H groups in total. The molecule has 0 fully saturated rings. The van der Waals surface area contributed by atoms with Crippen molar-refractivity contribution in [1.82, 2.24) is 0 Å². The molecule has 2 rings (SSSR count). The first-order valence-corrected chi connectivity index (χ1v) is 8.52. The highest BCUT2D eigenvalue weighted by Crippen LogP contribution is 2.30. The number of esters is 1. The monoisotopic (exact) mass is 447 g/mol. The molecule has 0 saturated carbocycles. The summed E-state index contributed by atoms with van der Waals surface area (Å²) in [6.07, 6.45) is -5.09. The van der Waals surface area contributed by atoms with E-state index in [1.54, 1.807) is 6.07 Å². The van der Waals surface area contributed by atoms with Gasteiger partial charge >= 0.3 is 12.1 Å². The summed E-state index contributed by atoms with van der Waals surface area (Å²) in [5, 5.41) is 2.29. The predicted molar refractivity (Wildman–Crippen MR) is 93.2 cm³/mol. The molecule has 0 aliphatic carbocycles. The van der Waals surface area contributed by atoms with E-state index in [4.69, 9.17) is 4.74 Å². The van der Waals surface area contributed by atoms with Crippen LogP contribution in [0.15, 0.2) is 46.9 Å². The molecule has 0 aliphatic rings. The summed E-state index contributed by atoms with van der Waals surface area (Å²) in [6.45, 7) is -0.292.